The molecule has 0 bridgehead atoms. The molecule has 8 nitrogen and oxygen atoms in total. The molecule has 0 spiro atoms. The summed E-state index contributed by atoms with van der Waals surface area (Å²) in [4.78, 5) is 39.3. The monoisotopic (exact) mass is 502 g/mol. The fourth-order valence-corrected chi connectivity index (χ4v) is 5.22. The molecule has 0 aromatic heterocycles. The maximum Gasteiger partial charge on any atom is 0.247 e. The van der Waals surface area contributed by atoms with Gasteiger partial charge in [-0.05, 0) is 43.2 Å². The van der Waals surface area contributed by atoms with Crippen LogP contribution in [0.5, 0.6) is 0 Å². The molecule has 5 N–H and O–H groups in total. The van der Waals surface area contributed by atoms with E-state index in [0.29, 0.717) is 31.7 Å². The van der Waals surface area contributed by atoms with Crippen molar-refractivity contribution in [2.45, 2.75) is 91.0 Å². The van der Waals surface area contributed by atoms with Crippen LogP contribution in [0.15, 0.2) is 30.3 Å². The van der Waals surface area contributed by atoms with E-state index in [2.05, 4.69) is 5.43 Å². The van der Waals surface area contributed by atoms with Crippen LogP contribution in [-0.4, -0.2) is 34.5 Å². The summed E-state index contributed by atoms with van der Waals surface area (Å²) in [5.41, 5.74) is 11.1. The van der Waals surface area contributed by atoms with Gasteiger partial charge in [-0.3, -0.25) is 25.0 Å². The molecule has 3 amide bonds. The minimum Gasteiger partial charge on any atom is -0.330 e. The van der Waals surface area contributed by atoms with Crippen molar-refractivity contribution in [1.82, 2.24) is 15.9 Å². The highest BCUT2D eigenvalue weighted by molar-refractivity contribution is 5.88. The third-order valence-electron chi connectivity index (χ3n) is 7.17. The van der Waals surface area contributed by atoms with E-state index in [4.69, 9.17) is 5.73 Å². The predicted molar refractivity (Wildman–Crippen MR) is 140 cm³/mol. The molecule has 1 aromatic carbocycles. The predicted octanol–water partition coefficient (Wildman–Crippen LogP) is 4.32. The van der Waals surface area contributed by atoms with Crippen LogP contribution in [0.2, 0.25) is 0 Å². The zero-order valence-electron chi connectivity index (χ0n) is 22.1. The molecule has 2 rings (SSSR count). The molecule has 1 fully saturated rings. The number of hydroxylamine groups is 1. The highest BCUT2D eigenvalue weighted by Gasteiger charge is 2.35. The largest absolute Gasteiger partial charge is 0.330 e. The number of nitrogens with zero attached hydrogens (tertiary/aromatic N) is 1. The molecule has 0 heterocycles. The molecule has 8 heteroatoms. The number of hydrazine groups is 1. The molecular formula is C28H46N4O4. The summed E-state index contributed by atoms with van der Waals surface area (Å²) in [5, 5.41) is 10.8. The van der Waals surface area contributed by atoms with Crippen molar-refractivity contribution in [3.8, 4) is 0 Å². The molecular weight excluding hydrogens is 456 g/mol. The Bertz CT molecular complexity index is 796. The number of amides is 3. The Labute approximate surface area is 216 Å². The SMILES string of the molecule is CC(C)C[C@@H](C(=O)NN(Cc1ccccc1)C(=O)CCCN)[C@H](CCCC1CCCCC1)C(=O)NO. The van der Waals surface area contributed by atoms with Gasteiger partial charge in [0, 0.05) is 6.42 Å². The average Bonchev–Trinajstić information content (AvgIpc) is 2.88. The van der Waals surface area contributed by atoms with Crippen molar-refractivity contribution < 1.29 is 19.6 Å². The van der Waals surface area contributed by atoms with Crippen molar-refractivity contribution in [2.75, 3.05) is 6.54 Å². The summed E-state index contributed by atoms with van der Waals surface area (Å²) in [6, 6.07) is 9.46. The first-order valence-corrected chi connectivity index (χ1v) is 13.6. The zero-order valence-corrected chi connectivity index (χ0v) is 22.1. The van der Waals surface area contributed by atoms with E-state index in [1.165, 1.54) is 37.1 Å². The van der Waals surface area contributed by atoms with E-state index in [0.717, 1.165) is 18.4 Å². The lowest BCUT2D eigenvalue weighted by atomic mass is 9.79. The summed E-state index contributed by atoms with van der Waals surface area (Å²) in [5.74, 6) is -1.63. The van der Waals surface area contributed by atoms with Gasteiger partial charge in [-0.1, -0.05) is 89.1 Å². The number of benzene rings is 1. The van der Waals surface area contributed by atoms with Gasteiger partial charge in [0.15, 0.2) is 0 Å². The van der Waals surface area contributed by atoms with E-state index < -0.39 is 17.7 Å². The second-order valence-electron chi connectivity index (χ2n) is 10.6. The van der Waals surface area contributed by atoms with Crippen molar-refractivity contribution >= 4 is 17.7 Å². The van der Waals surface area contributed by atoms with Crippen LogP contribution in [0.4, 0.5) is 0 Å². The first-order chi connectivity index (χ1) is 17.3. The van der Waals surface area contributed by atoms with E-state index in [1.807, 2.05) is 44.2 Å². The van der Waals surface area contributed by atoms with Crippen molar-refractivity contribution in [3.05, 3.63) is 35.9 Å². The van der Waals surface area contributed by atoms with Gasteiger partial charge in [0.25, 0.3) is 0 Å². The van der Waals surface area contributed by atoms with Crippen LogP contribution in [0.3, 0.4) is 0 Å². The van der Waals surface area contributed by atoms with Gasteiger partial charge in [-0.15, -0.1) is 0 Å². The van der Waals surface area contributed by atoms with Crippen molar-refractivity contribution in [1.29, 1.82) is 0 Å². The molecule has 1 aliphatic rings. The van der Waals surface area contributed by atoms with Gasteiger partial charge in [0.05, 0.1) is 18.4 Å². The fraction of sp³-hybridized carbons (Fsp3) is 0.679. The Balaban J connectivity index is 2.16. The number of carbonyl (C=O) groups excluding carboxylic acids is 3. The Hall–Kier alpha value is -2.45. The molecule has 0 unspecified atom stereocenters. The second kappa shape index (κ2) is 16.3. The minimum atomic E-state index is -0.668. The second-order valence-corrected chi connectivity index (χ2v) is 10.6. The van der Waals surface area contributed by atoms with Crippen molar-refractivity contribution in [2.24, 2.45) is 29.4 Å². The lowest BCUT2D eigenvalue weighted by Crippen LogP contribution is -2.50. The summed E-state index contributed by atoms with van der Waals surface area (Å²) in [6.07, 6.45) is 9.88. The Morgan fingerprint density at radius 1 is 1.03 bits per heavy atom. The van der Waals surface area contributed by atoms with E-state index in [-0.39, 0.29) is 30.7 Å². The van der Waals surface area contributed by atoms with Crippen LogP contribution < -0.4 is 16.6 Å². The summed E-state index contributed by atoms with van der Waals surface area (Å²) < 4.78 is 0. The standard InChI is InChI=1S/C28H46N4O4/c1-21(2)19-25(24(28(35)31-36)16-9-15-22-11-5-3-6-12-22)27(34)30-32(26(33)17-10-18-29)20-23-13-7-4-8-14-23/h4,7-8,13-14,21-22,24-25,36H,3,5-6,9-12,15-20,29H2,1-2H3,(H,30,34)(H,31,35)/t24-,25+/m0/s1. The minimum absolute atomic E-state index is 0.156. The number of hydrogen-bond donors (Lipinski definition) is 4. The fourth-order valence-electron chi connectivity index (χ4n) is 5.22. The van der Waals surface area contributed by atoms with E-state index in [1.54, 1.807) is 5.48 Å². The number of nitrogens with two attached hydrogens (primary N) is 1. The van der Waals surface area contributed by atoms with Crippen molar-refractivity contribution in [3.63, 3.8) is 0 Å². The molecule has 1 saturated carbocycles. The van der Waals surface area contributed by atoms with Crippen LogP contribution in [0, 0.1) is 23.7 Å². The van der Waals surface area contributed by atoms with Crippen LogP contribution in [0.25, 0.3) is 0 Å². The summed E-state index contributed by atoms with van der Waals surface area (Å²) in [7, 11) is 0. The van der Waals surface area contributed by atoms with Crippen LogP contribution in [-0.2, 0) is 20.9 Å². The number of rotatable bonds is 14. The van der Waals surface area contributed by atoms with Gasteiger partial charge in [0.1, 0.15) is 0 Å². The first kappa shape index (κ1) is 29.8. The third-order valence-corrected chi connectivity index (χ3v) is 7.17. The molecule has 0 radical (unpaired) electrons. The number of nitrogens with one attached hydrogen (secondary N) is 2. The molecule has 1 aromatic rings. The molecule has 36 heavy (non-hydrogen) atoms. The maximum atomic E-state index is 13.6. The van der Waals surface area contributed by atoms with Crippen LogP contribution >= 0.6 is 0 Å². The highest BCUT2D eigenvalue weighted by Crippen LogP contribution is 2.31. The molecule has 202 valence electrons. The van der Waals surface area contributed by atoms with Crippen LogP contribution in [0.1, 0.15) is 90.0 Å². The lowest BCUT2D eigenvalue weighted by Gasteiger charge is -2.30. The Kier molecular flexibility index (Phi) is 13.5. The maximum absolute atomic E-state index is 13.6. The highest BCUT2D eigenvalue weighted by atomic mass is 16.5. The lowest BCUT2D eigenvalue weighted by molar-refractivity contribution is -0.148. The van der Waals surface area contributed by atoms with Gasteiger partial charge < -0.3 is 5.73 Å². The molecule has 2 atom stereocenters. The Morgan fingerprint density at radius 2 is 1.72 bits per heavy atom. The summed E-state index contributed by atoms with van der Waals surface area (Å²) >= 11 is 0. The molecule has 1 aliphatic carbocycles. The van der Waals surface area contributed by atoms with E-state index >= 15 is 0 Å². The summed E-state index contributed by atoms with van der Waals surface area (Å²) in [6.45, 7) is 4.62. The van der Waals surface area contributed by atoms with Gasteiger partial charge >= 0.3 is 0 Å². The van der Waals surface area contributed by atoms with Gasteiger partial charge in [-0.25, -0.2) is 10.5 Å². The van der Waals surface area contributed by atoms with Gasteiger partial charge in [0.2, 0.25) is 17.7 Å². The number of carbonyl (C=O) groups is 3. The quantitative estimate of drug-likeness (QED) is 0.223. The average molecular weight is 503 g/mol. The normalized spacial score (nSPS) is 15.8. The smallest absolute Gasteiger partial charge is 0.247 e. The molecule has 0 saturated heterocycles. The number of hydrogen-bond acceptors (Lipinski definition) is 5. The zero-order chi connectivity index (χ0) is 26.3. The molecule has 0 aliphatic heterocycles. The van der Waals surface area contributed by atoms with E-state index in [9.17, 15) is 19.6 Å². The first-order valence-electron chi connectivity index (χ1n) is 13.6. The van der Waals surface area contributed by atoms with Gasteiger partial charge in [-0.2, -0.15) is 0 Å². The topological polar surface area (TPSA) is 125 Å². The third kappa shape index (κ3) is 10.3. The Morgan fingerprint density at radius 3 is 2.33 bits per heavy atom.